The Morgan fingerprint density at radius 2 is 2.17 bits per heavy atom. The van der Waals surface area contributed by atoms with E-state index in [0.717, 1.165) is 30.0 Å². The molecule has 0 unspecified atom stereocenters. The van der Waals surface area contributed by atoms with Gasteiger partial charge < -0.3 is 5.32 Å². The Morgan fingerprint density at radius 1 is 1.33 bits per heavy atom. The van der Waals surface area contributed by atoms with Gasteiger partial charge in [0.1, 0.15) is 10.8 Å². The maximum Gasteiger partial charge on any atom is 0.126 e. The Balaban J connectivity index is 1.50. The van der Waals surface area contributed by atoms with Crippen LogP contribution in [0.5, 0.6) is 0 Å². The average molecular weight is 262 g/mol. The van der Waals surface area contributed by atoms with E-state index in [1.54, 1.807) is 23.5 Å². The molecule has 0 radical (unpaired) electrons. The summed E-state index contributed by atoms with van der Waals surface area (Å²) >= 11 is 1.67. The van der Waals surface area contributed by atoms with E-state index in [-0.39, 0.29) is 5.82 Å². The SMILES string of the molecule is Fc1ccccc1C1CC(NCc2nccs2)C1. The summed E-state index contributed by atoms with van der Waals surface area (Å²) in [5.74, 6) is 0.306. The number of aromatic nitrogens is 1. The predicted octanol–water partition coefficient (Wildman–Crippen LogP) is 3.32. The normalized spacial score (nSPS) is 22.7. The fraction of sp³-hybridized carbons (Fsp3) is 0.357. The van der Waals surface area contributed by atoms with Crippen LogP contribution in [0, 0.1) is 5.82 Å². The van der Waals surface area contributed by atoms with Gasteiger partial charge >= 0.3 is 0 Å². The predicted molar refractivity (Wildman–Crippen MR) is 71.1 cm³/mol. The fourth-order valence-electron chi connectivity index (χ4n) is 2.42. The second kappa shape index (κ2) is 5.16. The van der Waals surface area contributed by atoms with Crippen LogP contribution in [0.25, 0.3) is 0 Å². The number of benzene rings is 1. The van der Waals surface area contributed by atoms with Crippen molar-refractivity contribution in [1.82, 2.24) is 10.3 Å². The van der Waals surface area contributed by atoms with Crippen molar-refractivity contribution in [3.63, 3.8) is 0 Å². The highest BCUT2D eigenvalue weighted by Gasteiger charge is 2.31. The highest BCUT2D eigenvalue weighted by Crippen LogP contribution is 2.38. The molecule has 1 N–H and O–H groups in total. The molecule has 0 spiro atoms. The summed E-state index contributed by atoms with van der Waals surface area (Å²) in [5, 5.41) is 6.57. The second-order valence-corrected chi connectivity index (χ2v) is 5.67. The molecule has 4 heteroatoms. The van der Waals surface area contributed by atoms with Gasteiger partial charge in [0.05, 0.1) is 0 Å². The van der Waals surface area contributed by atoms with Crippen LogP contribution in [0.4, 0.5) is 4.39 Å². The van der Waals surface area contributed by atoms with Gasteiger partial charge in [0.25, 0.3) is 0 Å². The largest absolute Gasteiger partial charge is 0.308 e. The van der Waals surface area contributed by atoms with Gasteiger partial charge in [-0.25, -0.2) is 9.37 Å². The monoisotopic (exact) mass is 262 g/mol. The zero-order valence-electron chi connectivity index (χ0n) is 9.97. The first-order chi connectivity index (χ1) is 8.83. The number of nitrogens with one attached hydrogen (secondary N) is 1. The molecule has 94 valence electrons. The summed E-state index contributed by atoms with van der Waals surface area (Å²) in [4.78, 5) is 4.23. The minimum atomic E-state index is -0.0686. The lowest BCUT2D eigenvalue weighted by Gasteiger charge is -2.36. The van der Waals surface area contributed by atoms with Gasteiger partial charge in [-0.2, -0.15) is 0 Å². The summed E-state index contributed by atoms with van der Waals surface area (Å²) in [6, 6.07) is 7.60. The van der Waals surface area contributed by atoms with Crippen molar-refractivity contribution in [2.24, 2.45) is 0 Å². The van der Waals surface area contributed by atoms with Crippen molar-refractivity contribution in [2.75, 3.05) is 0 Å². The van der Waals surface area contributed by atoms with E-state index in [2.05, 4.69) is 10.3 Å². The van der Waals surface area contributed by atoms with Gasteiger partial charge in [-0.1, -0.05) is 18.2 Å². The Hall–Kier alpha value is -1.26. The third-order valence-electron chi connectivity index (χ3n) is 3.51. The minimum absolute atomic E-state index is 0.0686. The standard InChI is InChI=1S/C14H15FN2S/c15-13-4-2-1-3-12(13)10-7-11(8-10)17-9-14-16-5-6-18-14/h1-6,10-11,17H,7-9H2. The first-order valence-electron chi connectivity index (χ1n) is 6.19. The molecule has 1 fully saturated rings. The maximum absolute atomic E-state index is 13.6. The van der Waals surface area contributed by atoms with Crippen LogP contribution in [0.2, 0.25) is 0 Å². The van der Waals surface area contributed by atoms with Crippen molar-refractivity contribution in [2.45, 2.75) is 31.3 Å². The molecule has 1 aromatic carbocycles. The highest BCUT2D eigenvalue weighted by molar-refractivity contribution is 7.09. The first-order valence-corrected chi connectivity index (χ1v) is 7.07. The summed E-state index contributed by atoms with van der Waals surface area (Å²) in [5.41, 5.74) is 0.866. The molecule has 0 amide bonds. The van der Waals surface area contributed by atoms with Crippen LogP contribution < -0.4 is 5.32 Å². The minimum Gasteiger partial charge on any atom is -0.308 e. The summed E-state index contributed by atoms with van der Waals surface area (Å²) in [7, 11) is 0. The zero-order chi connectivity index (χ0) is 12.4. The number of hydrogen-bond acceptors (Lipinski definition) is 3. The van der Waals surface area contributed by atoms with E-state index in [9.17, 15) is 4.39 Å². The fourth-order valence-corrected chi connectivity index (χ4v) is 2.98. The van der Waals surface area contributed by atoms with Crippen molar-refractivity contribution in [3.05, 3.63) is 52.2 Å². The van der Waals surface area contributed by atoms with Crippen molar-refractivity contribution in [1.29, 1.82) is 0 Å². The van der Waals surface area contributed by atoms with Gasteiger partial charge in [0, 0.05) is 24.2 Å². The van der Waals surface area contributed by atoms with Crippen LogP contribution in [-0.2, 0) is 6.54 Å². The smallest absolute Gasteiger partial charge is 0.126 e. The van der Waals surface area contributed by atoms with Crippen LogP contribution in [0.3, 0.4) is 0 Å². The Morgan fingerprint density at radius 3 is 2.89 bits per heavy atom. The Bertz CT molecular complexity index is 506. The molecule has 0 bridgehead atoms. The molecular weight excluding hydrogens is 247 g/mol. The summed E-state index contributed by atoms with van der Waals surface area (Å²) in [6.07, 6.45) is 3.86. The summed E-state index contributed by atoms with van der Waals surface area (Å²) < 4.78 is 13.6. The molecule has 2 nitrogen and oxygen atoms in total. The van der Waals surface area contributed by atoms with Gasteiger partial charge in [-0.3, -0.25) is 0 Å². The molecule has 1 aliphatic rings. The van der Waals surface area contributed by atoms with Crippen molar-refractivity contribution in [3.8, 4) is 0 Å². The molecule has 18 heavy (non-hydrogen) atoms. The molecule has 1 saturated carbocycles. The Labute approximate surface area is 110 Å². The lowest BCUT2D eigenvalue weighted by Crippen LogP contribution is -2.39. The number of thiazole rings is 1. The van der Waals surface area contributed by atoms with E-state index >= 15 is 0 Å². The number of halogens is 1. The molecule has 0 atom stereocenters. The van der Waals surface area contributed by atoms with Crippen LogP contribution in [0.15, 0.2) is 35.8 Å². The van der Waals surface area contributed by atoms with Crippen LogP contribution in [0.1, 0.15) is 29.3 Å². The van der Waals surface area contributed by atoms with Gasteiger partial charge in [-0.15, -0.1) is 11.3 Å². The van der Waals surface area contributed by atoms with E-state index < -0.39 is 0 Å². The van der Waals surface area contributed by atoms with E-state index in [0.29, 0.717) is 12.0 Å². The highest BCUT2D eigenvalue weighted by atomic mass is 32.1. The number of nitrogens with zero attached hydrogens (tertiary/aromatic N) is 1. The maximum atomic E-state index is 13.6. The molecule has 0 saturated heterocycles. The van der Waals surface area contributed by atoms with Crippen LogP contribution in [-0.4, -0.2) is 11.0 Å². The molecule has 1 heterocycles. The number of rotatable bonds is 4. The van der Waals surface area contributed by atoms with Gasteiger partial charge in [-0.05, 0) is 30.4 Å². The van der Waals surface area contributed by atoms with Crippen LogP contribution >= 0.6 is 11.3 Å². The van der Waals surface area contributed by atoms with E-state index in [1.165, 1.54) is 0 Å². The zero-order valence-corrected chi connectivity index (χ0v) is 10.8. The average Bonchev–Trinajstić information content (AvgIpc) is 2.82. The number of hydrogen-bond donors (Lipinski definition) is 1. The van der Waals surface area contributed by atoms with Gasteiger partial charge in [0.15, 0.2) is 0 Å². The lowest BCUT2D eigenvalue weighted by molar-refractivity contribution is 0.284. The third-order valence-corrected chi connectivity index (χ3v) is 4.29. The molecule has 2 aromatic rings. The topological polar surface area (TPSA) is 24.9 Å². The second-order valence-electron chi connectivity index (χ2n) is 4.69. The first kappa shape index (κ1) is 11.8. The quantitative estimate of drug-likeness (QED) is 0.914. The Kier molecular flexibility index (Phi) is 3.39. The van der Waals surface area contributed by atoms with Crippen molar-refractivity contribution >= 4 is 11.3 Å². The van der Waals surface area contributed by atoms with Crippen molar-refractivity contribution < 1.29 is 4.39 Å². The molecular formula is C14H15FN2S. The lowest BCUT2D eigenvalue weighted by atomic mass is 9.75. The summed E-state index contributed by atoms with van der Waals surface area (Å²) in [6.45, 7) is 0.826. The molecule has 1 aromatic heterocycles. The van der Waals surface area contributed by atoms with Gasteiger partial charge in [0.2, 0.25) is 0 Å². The van der Waals surface area contributed by atoms with E-state index in [4.69, 9.17) is 0 Å². The molecule has 0 aliphatic heterocycles. The third kappa shape index (κ3) is 2.44. The molecule has 3 rings (SSSR count). The molecule has 1 aliphatic carbocycles. The van der Waals surface area contributed by atoms with E-state index in [1.807, 2.05) is 23.7 Å².